The molecule has 0 saturated carbocycles. The number of carbonyl (C=O) groups is 4. The highest BCUT2D eigenvalue weighted by Crippen LogP contribution is 2.41. The van der Waals surface area contributed by atoms with E-state index in [2.05, 4.69) is 31.0 Å². The number of anilines is 1. The van der Waals surface area contributed by atoms with Crippen LogP contribution in [0.4, 0.5) is 10.1 Å². The highest BCUT2D eigenvalue weighted by atomic mass is 19.1. The van der Waals surface area contributed by atoms with Crippen LogP contribution in [0.25, 0.3) is 0 Å². The highest BCUT2D eigenvalue weighted by Gasteiger charge is 2.50. The molecule has 1 aromatic rings. The predicted molar refractivity (Wildman–Crippen MR) is 109 cm³/mol. The number of piperazine rings is 1. The molecule has 5 aliphatic heterocycles. The zero-order valence-electron chi connectivity index (χ0n) is 17.8. The molecule has 0 spiro atoms. The van der Waals surface area contributed by atoms with E-state index >= 15 is 4.39 Å². The lowest BCUT2D eigenvalue weighted by Crippen LogP contribution is -2.73. The van der Waals surface area contributed by atoms with E-state index in [1.807, 2.05) is 4.90 Å². The number of carbonyl (C=O) groups excluding carboxylic acids is 4. The van der Waals surface area contributed by atoms with Crippen LogP contribution in [0.3, 0.4) is 0 Å². The summed E-state index contributed by atoms with van der Waals surface area (Å²) in [5, 5.41) is 2.16. The molecule has 9 heteroatoms. The fourth-order valence-corrected chi connectivity index (χ4v) is 5.62. The number of halogens is 1. The zero-order chi connectivity index (χ0) is 22.2. The molecule has 5 heterocycles. The first-order valence-electron chi connectivity index (χ1n) is 10.6. The minimum absolute atomic E-state index is 0.0329. The first kappa shape index (κ1) is 20.1. The molecule has 0 aliphatic carbocycles. The fraction of sp³-hybridized carbons (Fsp3) is 0.545. The quantitative estimate of drug-likeness (QED) is 0.714. The molecular weight excluding hydrogens is 403 g/mol. The van der Waals surface area contributed by atoms with Gasteiger partial charge in [0.1, 0.15) is 11.9 Å². The fourth-order valence-electron chi connectivity index (χ4n) is 5.62. The van der Waals surface area contributed by atoms with Gasteiger partial charge in [0.15, 0.2) is 0 Å². The molecule has 5 aliphatic rings. The second kappa shape index (κ2) is 6.59. The molecule has 0 radical (unpaired) electrons. The van der Waals surface area contributed by atoms with Crippen molar-refractivity contribution in [1.29, 1.82) is 0 Å². The van der Waals surface area contributed by atoms with Crippen molar-refractivity contribution in [2.24, 2.45) is 0 Å². The Bertz CT molecular complexity index is 1020. The normalized spacial score (nSPS) is 28.6. The van der Waals surface area contributed by atoms with E-state index in [0.29, 0.717) is 30.9 Å². The lowest BCUT2D eigenvalue weighted by Gasteiger charge is -2.61. The van der Waals surface area contributed by atoms with Crippen LogP contribution in [0.15, 0.2) is 12.1 Å². The van der Waals surface area contributed by atoms with E-state index in [9.17, 15) is 19.2 Å². The molecular formula is C22H25FN4O4. The summed E-state index contributed by atoms with van der Waals surface area (Å²) < 4.78 is 15.0. The van der Waals surface area contributed by atoms with Crippen molar-refractivity contribution in [3.05, 3.63) is 29.1 Å². The maximum absolute atomic E-state index is 15.0. The summed E-state index contributed by atoms with van der Waals surface area (Å²) in [6, 6.07) is 2.15. The van der Waals surface area contributed by atoms with Crippen LogP contribution in [0.5, 0.6) is 0 Å². The van der Waals surface area contributed by atoms with Crippen molar-refractivity contribution in [3.8, 4) is 0 Å². The summed E-state index contributed by atoms with van der Waals surface area (Å²) in [4.78, 5) is 54.8. The monoisotopic (exact) mass is 428 g/mol. The molecule has 2 unspecified atom stereocenters. The molecule has 31 heavy (non-hydrogen) atoms. The van der Waals surface area contributed by atoms with Crippen molar-refractivity contribution in [1.82, 2.24) is 15.1 Å². The van der Waals surface area contributed by atoms with Gasteiger partial charge in [0.25, 0.3) is 11.8 Å². The van der Waals surface area contributed by atoms with Gasteiger partial charge in [-0.25, -0.2) is 4.39 Å². The van der Waals surface area contributed by atoms with E-state index in [4.69, 9.17) is 0 Å². The number of rotatable bonds is 2. The second-order valence-corrected chi connectivity index (χ2v) is 9.82. The van der Waals surface area contributed by atoms with Gasteiger partial charge in [-0.05, 0) is 45.7 Å². The summed E-state index contributed by atoms with van der Waals surface area (Å²) in [5.74, 6) is -2.97. The molecule has 3 atom stereocenters. The largest absolute Gasteiger partial charge is 0.366 e. The minimum atomic E-state index is -1.06. The summed E-state index contributed by atoms with van der Waals surface area (Å²) in [7, 11) is 0. The Balaban J connectivity index is 1.42. The Morgan fingerprint density at radius 2 is 1.61 bits per heavy atom. The third kappa shape index (κ3) is 2.97. The highest BCUT2D eigenvalue weighted by molar-refractivity contribution is 6.23. The van der Waals surface area contributed by atoms with Gasteiger partial charge in [0, 0.05) is 37.1 Å². The third-order valence-electron chi connectivity index (χ3n) is 6.82. The molecule has 4 amide bonds. The molecule has 1 aromatic carbocycles. The van der Waals surface area contributed by atoms with Crippen LogP contribution in [0, 0.1) is 5.82 Å². The zero-order valence-corrected chi connectivity index (χ0v) is 17.8. The van der Waals surface area contributed by atoms with Crippen LogP contribution in [-0.4, -0.2) is 70.2 Å². The summed E-state index contributed by atoms with van der Waals surface area (Å²) in [5.41, 5.74) is 0.432. The standard InChI is InChI=1S/C22H25FN4O4/c1-22(2,3)27-11-6-12(27)10-25(9-11)17-8-14-13(7-15(17)23)20(30)26(21(14)31)16-4-5-18(28)24-19(16)29/h7-8,11-12,16H,4-6,9-10H2,1-3H3,(H,24,28,29)/t11?,12?,16-/m1/s1. The van der Waals surface area contributed by atoms with Gasteiger partial charge < -0.3 is 4.90 Å². The molecule has 0 aromatic heterocycles. The van der Waals surface area contributed by atoms with Gasteiger partial charge in [-0.2, -0.15) is 0 Å². The number of benzene rings is 1. The average Bonchev–Trinajstić information content (AvgIpc) is 2.90. The number of piperidine rings is 2. The molecule has 4 saturated heterocycles. The molecule has 8 nitrogen and oxygen atoms in total. The van der Waals surface area contributed by atoms with Crippen molar-refractivity contribution >= 4 is 29.3 Å². The summed E-state index contributed by atoms with van der Waals surface area (Å²) in [6.45, 7) is 7.83. The van der Waals surface area contributed by atoms with E-state index in [-0.39, 0.29) is 29.5 Å². The first-order chi connectivity index (χ1) is 14.6. The van der Waals surface area contributed by atoms with E-state index in [0.717, 1.165) is 17.4 Å². The Morgan fingerprint density at radius 3 is 2.19 bits per heavy atom. The molecule has 1 N–H and O–H groups in total. The maximum Gasteiger partial charge on any atom is 0.262 e. The van der Waals surface area contributed by atoms with Gasteiger partial charge in [-0.15, -0.1) is 0 Å². The third-order valence-corrected chi connectivity index (χ3v) is 6.82. The Hall–Kier alpha value is -2.81. The summed E-state index contributed by atoms with van der Waals surface area (Å²) >= 11 is 0. The first-order valence-corrected chi connectivity index (χ1v) is 10.6. The number of hydrogen-bond donors (Lipinski definition) is 1. The van der Waals surface area contributed by atoms with E-state index in [1.165, 1.54) is 6.07 Å². The smallest absolute Gasteiger partial charge is 0.262 e. The van der Waals surface area contributed by atoms with Gasteiger partial charge in [-0.1, -0.05) is 0 Å². The van der Waals surface area contributed by atoms with Crippen LogP contribution in [0.2, 0.25) is 0 Å². The molecule has 2 bridgehead atoms. The molecule has 164 valence electrons. The van der Waals surface area contributed by atoms with Crippen LogP contribution in [-0.2, 0) is 9.59 Å². The number of fused-ring (bicyclic) bond motifs is 3. The van der Waals surface area contributed by atoms with Gasteiger partial charge in [0.2, 0.25) is 11.8 Å². The van der Waals surface area contributed by atoms with Gasteiger partial charge in [0.05, 0.1) is 16.8 Å². The van der Waals surface area contributed by atoms with Crippen molar-refractivity contribution < 1.29 is 23.6 Å². The van der Waals surface area contributed by atoms with Crippen molar-refractivity contribution in [2.75, 3.05) is 18.0 Å². The maximum atomic E-state index is 15.0. The Labute approximate surface area is 179 Å². The number of amides is 4. The Kier molecular flexibility index (Phi) is 4.28. The number of hydrogen-bond acceptors (Lipinski definition) is 6. The van der Waals surface area contributed by atoms with E-state index < -0.39 is 35.5 Å². The number of nitrogens with one attached hydrogen (secondary N) is 1. The lowest BCUT2D eigenvalue weighted by molar-refractivity contribution is -0.136. The van der Waals surface area contributed by atoms with Crippen LogP contribution < -0.4 is 10.2 Å². The van der Waals surface area contributed by atoms with Gasteiger partial charge in [-0.3, -0.25) is 34.3 Å². The Morgan fingerprint density at radius 1 is 1.00 bits per heavy atom. The van der Waals surface area contributed by atoms with Crippen LogP contribution in [0.1, 0.15) is 60.7 Å². The van der Waals surface area contributed by atoms with Crippen molar-refractivity contribution in [2.45, 2.75) is 63.7 Å². The SMILES string of the molecule is CC(C)(C)N1C2CC1CN(c1cc3c(cc1F)C(=O)N([C@@H]1CCC(=O)NC1=O)C3=O)C2. The number of nitrogens with zero attached hydrogens (tertiary/aromatic N) is 3. The second-order valence-electron chi connectivity index (χ2n) is 9.82. The predicted octanol–water partition coefficient (Wildman–Crippen LogP) is 1.29. The molecule has 6 rings (SSSR count). The minimum Gasteiger partial charge on any atom is -0.366 e. The lowest BCUT2D eigenvalue weighted by atomic mass is 9.82. The van der Waals surface area contributed by atoms with Gasteiger partial charge >= 0.3 is 0 Å². The topological polar surface area (TPSA) is 90.0 Å². The average molecular weight is 428 g/mol. The van der Waals surface area contributed by atoms with Crippen LogP contribution >= 0.6 is 0 Å². The van der Waals surface area contributed by atoms with E-state index in [1.54, 1.807) is 0 Å². The molecule has 4 fully saturated rings. The summed E-state index contributed by atoms with van der Waals surface area (Å²) in [6.07, 6.45) is 1.19. The van der Waals surface area contributed by atoms with Crippen molar-refractivity contribution in [3.63, 3.8) is 0 Å². The number of imide groups is 2.